The molecule has 2 aromatic carbocycles. The van der Waals surface area contributed by atoms with E-state index in [2.05, 4.69) is 0 Å². The largest absolute Gasteiger partial charge is 0.478 e. The molecule has 0 amide bonds. The van der Waals surface area contributed by atoms with Crippen LogP contribution in [0.3, 0.4) is 0 Å². The quantitative estimate of drug-likeness (QED) is 0.820. The molecule has 7 nitrogen and oxygen atoms in total. The molecule has 1 aliphatic heterocycles. The molecule has 0 atom stereocenters. The van der Waals surface area contributed by atoms with E-state index < -0.39 is 16.0 Å². The van der Waals surface area contributed by atoms with Gasteiger partial charge in [0, 0.05) is 13.1 Å². The lowest BCUT2D eigenvalue weighted by atomic mass is 10.0. The van der Waals surface area contributed by atoms with Crippen LogP contribution < -0.4 is 0 Å². The fraction of sp³-hybridized carbons (Fsp3) is 0.278. The van der Waals surface area contributed by atoms with Crippen LogP contribution >= 0.6 is 0 Å². The van der Waals surface area contributed by atoms with Gasteiger partial charge in [0.05, 0.1) is 30.3 Å². The van der Waals surface area contributed by atoms with Crippen molar-refractivity contribution in [2.45, 2.75) is 11.5 Å². The monoisotopic (exact) mass is 377 g/mol. The van der Waals surface area contributed by atoms with Crippen molar-refractivity contribution in [3.63, 3.8) is 0 Å². The summed E-state index contributed by atoms with van der Waals surface area (Å²) in [7, 11) is -3.82. The minimum Gasteiger partial charge on any atom is -0.478 e. The third kappa shape index (κ3) is 3.78. The van der Waals surface area contributed by atoms with Crippen LogP contribution in [0.1, 0.15) is 15.9 Å². The van der Waals surface area contributed by atoms with Crippen LogP contribution in [0.4, 0.5) is 0 Å². The number of aliphatic hydroxyl groups is 1. The maximum absolute atomic E-state index is 12.9. The highest BCUT2D eigenvalue weighted by molar-refractivity contribution is 7.89. The highest BCUT2D eigenvalue weighted by atomic mass is 32.2. The molecule has 0 aromatic heterocycles. The van der Waals surface area contributed by atoms with Crippen LogP contribution in [0.2, 0.25) is 0 Å². The molecular formula is C18H19NO6S. The summed E-state index contributed by atoms with van der Waals surface area (Å²) in [5.41, 5.74) is 1.65. The number of hydrogen-bond acceptors (Lipinski definition) is 5. The van der Waals surface area contributed by atoms with Gasteiger partial charge in [0.15, 0.2) is 0 Å². The van der Waals surface area contributed by atoms with E-state index >= 15 is 0 Å². The van der Waals surface area contributed by atoms with Gasteiger partial charge in [-0.15, -0.1) is 0 Å². The summed E-state index contributed by atoms with van der Waals surface area (Å²) in [6.07, 6.45) is 0. The predicted octanol–water partition coefficient (Wildman–Crippen LogP) is 1.57. The molecule has 0 radical (unpaired) electrons. The standard InChI is InChI=1S/C18H19NO6S/c20-12-13-2-1-3-14(8-13)15-9-16(18(21)22)11-17(10-15)26(23,24)19-4-6-25-7-5-19/h1-3,8-11,20H,4-7,12H2,(H,21,22). The molecule has 2 N–H and O–H groups in total. The minimum absolute atomic E-state index is 0.0660. The molecule has 138 valence electrons. The number of rotatable bonds is 5. The summed E-state index contributed by atoms with van der Waals surface area (Å²) >= 11 is 0. The highest BCUT2D eigenvalue weighted by Crippen LogP contribution is 2.27. The predicted molar refractivity (Wildman–Crippen MR) is 94.3 cm³/mol. The Morgan fingerprint density at radius 2 is 1.81 bits per heavy atom. The van der Waals surface area contributed by atoms with Crippen molar-refractivity contribution in [1.29, 1.82) is 0 Å². The van der Waals surface area contributed by atoms with E-state index in [9.17, 15) is 23.4 Å². The second-order valence-electron chi connectivity index (χ2n) is 5.93. The molecule has 3 rings (SSSR count). The van der Waals surface area contributed by atoms with Crippen LogP contribution in [-0.4, -0.2) is 55.2 Å². The summed E-state index contributed by atoms with van der Waals surface area (Å²) < 4.78 is 32.3. The number of carboxylic acids is 1. The normalized spacial score (nSPS) is 15.7. The lowest BCUT2D eigenvalue weighted by Gasteiger charge is -2.26. The summed E-state index contributed by atoms with van der Waals surface area (Å²) in [6.45, 7) is 0.918. The minimum atomic E-state index is -3.82. The number of morpholine rings is 1. The van der Waals surface area contributed by atoms with E-state index in [4.69, 9.17) is 4.74 Å². The second-order valence-corrected chi connectivity index (χ2v) is 7.86. The second kappa shape index (κ2) is 7.55. The van der Waals surface area contributed by atoms with E-state index in [1.54, 1.807) is 24.3 Å². The molecule has 26 heavy (non-hydrogen) atoms. The Morgan fingerprint density at radius 1 is 1.08 bits per heavy atom. The summed E-state index contributed by atoms with van der Waals surface area (Å²) in [5, 5.41) is 18.7. The molecule has 0 unspecified atom stereocenters. The summed E-state index contributed by atoms with van der Waals surface area (Å²) in [6, 6.07) is 11.0. The van der Waals surface area contributed by atoms with Crippen molar-refractivity contribution in [1.82, 2.24) is 4.31 Å². The van der Waals surface area contributed by atoms with E-state index in [1.807, 2.05) is 0 Å². The van der Waals surface area contributed by atoms with Crippen LogP contribution in [-0.2, 0) is 21.4 Å². The van der Waals surface area contributed by atoms with Gasteiger partial charge in [-0.25, -0.2) is 13.2 Å². The van der Waals surface area contributed by atoms with E-state index in [1.165, 1.54) is 22.5 Å². The maximum atomic E-state index is 12.9. The molecule has 1 heterocycles. The van der Waals surface area contributed by atoms with E-state index in [0.29, 0.717) is 29.9 Å². The first-order chi connectivity index (χ1) is 12.4. The SMILES string of the molecule is O=C(O)c1cc(-c2cccc(CO)c2)cc(S(=O)(=O)N2CCOCC2)c1. The molecule has 1 fully saturated rings. The number of benzene rings is 2. The van der Waals surface area contributed by atoms with Crippen LogP contribution in [0.15, 0.2) is 47.4 Å². The molecule has 2 aromatic rings. The Morgan fingerprint density at radius 3 is 2.46 bits per heavy atom. The van der Waals surface area contributed by atoms with Crippen LogP contribution in [0, 0.1) is 0 Å². The van der Waals surface area contributed by atoms with Crippen LogP contribution in [0.5, 0.6) is 0 Å². The van der Waals surface area contributed by atoms with Crippen molar-refractivity contribution >= 4 is 16.0 Å². The molecule has 8 heteroatoms. The number of carbonyl (C=O) groups is 1. The van der Waals surface area contributed by atoms with Gasteiger partial charge in [-0.05, 0) is 41.0 Å². The third-order valence-electron chi connectivity index (χ3n) is 4.20. The van der Waals surface area contributed by atoms with Gasteiger partial charge in [-0.2, -0.15) is 4.31 Å². The average Bonchev–Trinajstić information content (AvgIpc) is 2.68. The number of hydrogen-bond donors (Lipinski definition) is 2. The van der Waals surface area contributed by atoms with Gasteiger partial charge < -0.3 is 14.9 Å². The Balaban J connectivity index is 2.11. The molecule has 1 saturated heterocycles. The number of aromatic carboxylic acids is 1. The lowest BCUT2D eigenvalue weighted by molar-refractivity contribution is 0.0696. The Labute approximate surface area is 151 Å². The van der Waals surface area contributed by atoms with Gasteiger partial charge in [0.2, 0.25) is 10.0 Å². The molecular weight excluding hydrogens is 358 g/mol. The Kier molecular flexibility index (Phi) is 5.38. The zero-order valence-electron chi connectivity index (χ0n) is 14.0. The number of nitrogens with zero attached hydrogens (tertiary/aromatic N) is 1. The van der Waals surface area contributed by atoms with E-state index in [-0.39, 0.29) is 30.2 Å². The molecule has 0 spiro atoms. The highest BCUT2D eigenvalue weighted by Gasteiger charge is 2.27. The van der Waals surface area contributed by atoms with Crippen molar-refractivity contribution in [2.75, 3.05) is 26.3 Å². The lowest BCUT2D eigenvalue weighted by Crippen LogP contribution is -2.40. The first-order valence-electron chi connectivity index (χ1n) is 8.08. The number of ether oxygens (including phenoxy) is 1. The van der Waals surface area contributed by atoms with Crippen molar-refractivity contribution in [3.8, 4) is 11.1 Å². The van der Waals surface area contributed by atoms with Gasteiger partial charge in [-0.1, -0.05) is 18.2 Å². The number of sulfonamides is 1. The van der Waals surface area contributed by atoms with Gasteiger partial charge >= 0.3 is 5.97 Å². The summed E-state index contributed by atoms with van der Waals surface area (Å²) in [4.78, 5) is 11.4. The first kappa shape index (κ1) is 18.5. The summed E-state index contributed by atoms with van der Waals surface area (Å²) in [5.74, 6) is -1.21. The van der Waals surface area contributed by atoms with Crippen molar-refractivity contribution < 1.29 is 28.2 Å². The smallest absolute Gasteiger partial charge is 0.335 e. The molecule has 0 bridgehead atoms. The van der Waals surface area contributed by atoms with Gasteiger partial charge in [-0.3, -0.25) is 0 Å². The molecule has 0 aliphatic carbocycles. The Hall–Kier alpha value is -2.26. The zero-order valence-corrected chi connectivity index (χ0v) is 14.8. The Bertz CT molecular complexity index is 919. The van der Waals surface area contributed by atoms with E-state index in [0.717, 1.165) is 0 Å². The van der Waals surface area contributed by atoms with Crippen molar-refractivity contribution in [2.24, 2.45) is 0 Å². The van der Waals surface area contributed by atoms with Crippen LogP contribution in [0.25, 0.3) is 11.1 Å². The fourth-order valence-electron chi connectivity index (χ4n) is 2.82. The maximum Gasteiger partial charge on any atom is 0.335 e. The van der Waals surface area contributed by atoms with Gasteiger partial charge in [0.1, 0.15) is 0 Å². The van der Waals surface area contributed by atoms with Crippen molar-refractivity contribution in [3.05, 3.63) is 53.6 Å². The molecule has 0 saturated carbocycles. The number of aliphatic hydroxyl groups excluding tert-OH is 1. The topological polar surface area (TPSA) is 104 Å². The average molecular weight is 377 g/mol. The fourth-order valence-corrected chi connectivity index (χ4v) is 4.30. The zero-order chi connectivity index (χ0) is 18.7. The number of carboxylic acid groups (broad SMARTS) is 1. The third-order valence-corrected chi connectivity index (χ3v) is 6.08. The van der Waals surface area contributed by atoms with Gasteiger partial charge in [0.25, 0.3) is 0 Å². The first-order valence-corrected chi connectivity index (χ1v) is 9.52. The molecule has 1 aliphatic rings.